The number of nitrogens with zero attached hydrogens (tertiary/aromatic N) is 1. The van der Waals surface area contributed by atoms with E-state index in [0.717, 1.165) is 24.3 Å². The van der Waals surface area contributed by atoms with Gasteiger partial charge in [0.1, 0.15) is 0 Å². The van der Waals surface area contributed by atoms with E-state index in [1.807, 2.05) is 19.1 Å². The second-order valence-electron chi connectivity index (χ2n) is 5.49. The second kappa shape index (κ2) is 6.40. The fourth-order valence-electron chi connectivity index (χ4n) is 2.55. The summed E-state index contributed by atoms with van der Waals surface area (Å²) in [5.41, 5.74) is 1.84. The molecule has 1 aromatic rings. The van der Waals surface area contributed by atoms with Crippen LogP contribution in [0.5, 0.6) is 0 Å². The Morgan fingerprint density at radius 1 is 1.53 bits per heavy atom. The molecule has 19 heavy (non-hydrogen) atoms. The highest BCUT2D eigenvalue weighted by Crippen LogP contribution is 2.20. The summed E-state index contributed by atoms with van der Waals surface area (Å²) in [4.78, 5) is 14.3. The van der Waals surface area contributed by atoms with Gasteiger partial charge in [-0.2, -0.15) is 0 Å². The van der Waals surface area contributed by atoms with E-state index in [-0.39, 0.29) is 5.91 Å². The van der Waals surface area contributed by atoms with Gasteiger partial charge in [0.15, 0.2) is 0 Å². The second-order valence-corrected chi connectivity index (χ2v) is 5.93. The standard InChI is InChI=1S/C15H21ClN2O/c1-11-4-3-7-18(9-11)10-15(19)17-14-8-13(16)6-5-12(14)2/h5-6,8,11H,3-4,7,9-10H2,1-2H3,(H,17,19). The van der Waals surface area contributed by atoms with Gasteiger partial charge in [-0.1, -0.05) is 24.6 Å². The summed E-state index contributed by atoms with van der Waals surface area (Å²) in [6, 6.07) is 5.55. The van der Waals surface area contributed by atoms with Gasteiger partial charge in [-0.3, -0.25) is 9.69 Å². The number of carbonyl (C=O) groups excluding carboxylic acids is 1. The molecular formula is C15H21ClN2O. The van der Waals surface area contributed by atoms with Gasteiger partial charge in [-0.25, -0.2) is 0 Å². The van der Waals surface area contributed by atoms with Crippen LogP contribution >= 0.6 is 11.6 Å². The fourth-order valence-corrected chi connectivity index (χ4v) is 2.72. The molecule has 1 aliphatic rings. The number of benzene rings is 1. The van der Waals surface area contributed by atoms with Gasteiger partial charge in [0.05, 0.1) is 6.54 Å². The fraction of sp³-hybridized carbons (Fsp3) is 0.533. The highest BCUT2D eigenvalue weighted by molar-refractivity contribution is 6.31. The van der Waals surface area contributed by atoms with Crippen molar-refractivity contribution >= 4 is 23.2 Å². The molecular weight excluding hydrogens is 260 g/mol. The molecule has 1 heterocycles. The molecule has 1 unspecified atom stereocenters. The summed E-state index contributed by atoms with van der Waals surface area (Å²) in [6.45, 7) is 6.71. The van der Waals surface area contributed by atoms with Crippen molar-refractivity contribution in [3.05, 3.63) is 28.8 Å². The quantitative estimate of drug-likeness (QED) is 0.921. The zero-order chi connectivity index (χ0) is 13.8. The van der Waals surface area contributed by atoms with Crippen LogP contribution in [0.15, 0.2) is 18.2 Å². The van der Waals surface area contributed by atoms with Crippen LogP contribution in [-0.4, -0.2) is 30.4 Å². The number of halogens is 1. The SMILES string of the molecule is Cc1ccc(Cl)cc1NC(=O)CN1CCCC(C)C1. The smallest absolute Gasteiger partial charge is 0.238 e. The first-order chi connectivity index (χ1) is 9.04. The Morgan fingerprint density at radius 3 is 3.05 bits per heavy atom. The van der Waals surface area contributed by atoms with Crippen molar-refractivity contribution in [1.82, 2.24) is 4.90 Å². The average molecular weight is 281 g/mol. The molecule has 1 saturated heterocycles. The van der Waals surface area contributed by atoms with Crippen LogP contribution in [0.1, 0.15) is 25.3 Å². The first-order valence-corrected chi connectivity index (χ1v) is 7.21. The monoisotopic (exact) mass is 280 g/mol. The molecule has 0 saturated carbocycles. The molecule has 1 atom stereocenters. The minimum Gasteiger partial charge on any atom is -0.325 e. The van der Waals surface area contributed by atoms with Crippen molar-refractivity contribution in [2.75, 3.05) is 25.0 Å². The van der Waals surface area contributed by atoms with Gasteiger partial charge in [0.25, 0.3) is 0 Å². The molecule has 2 rings (SSSR count). The third-order valence-corrected chi connectivity index (χ3v) is 3.82. The lowest BCUT2D eigenvalue weighted by atomic mass is 10.0. The van der Waals surface area contributed by atoms with Crippen LogP contribution < -0.4 is 5.32 Å². The number of piperidine rings is 1. The lowest BCUT2D eigenvalue weighted by molar-refractivity contribution is -0.117. The number of aryl methyl sites for hydroxylation is 1. The van der Waals surface area contributed by atoms with Crippen LogP contribution in [0.3, 0.4) is 0 Å². The molecule has 104 valence electrons. The van der Waals surface area contributed by atoms with E-state index >= 15 is 0 Å². The van der Waals surface area contributed by atoms with Crippen molar-refractivity contribution in [2.24, 2.45) is 5.92 Å². The summed E-state index contributed by atoms with van der Waals surface area (Å²) in [5, 5.41) is 3.59. The van der Waals surface area contributed by atoms with Gasteiger partial charge in [0.2, 0.25) is 5.91 Å². The maximum absolute atomic E-state index is 12.1. The van der Waals surface area contributed by atoms with Gasteiger partial charge < -0.3 is 5.32 Å². The van der Waals surface area contributed by atoms with Crippen LogP contribution in [0.2, 0.25) is 5.02 Å². The number of hydrogen-bond acceptors (Lipinski definition) is 2. The predicted octanol–water partition coefficient (Wildman–Crippen LogP) is 3.32. The predicted molar refractivity (Wildman–Crippen MR) is 79.7 cm³/mol. The molecule has 1 fully saturated rings. The Morgan fingerprint density at radius 2 is 2.32 bits per heavy atom. The third kappa shape index (κ3) is 4.22. The Bertz CT molecular complexity index is 461. The maximum atomic E-state index is 12.1. The van der Waals surface area contributed by atoms with Crippen LogP contribution in [0.4, 0.5) is 5.69 Å². The lowest BCUT2D eigenvalue weighted by Crippen LogP contribution is -2.39. The summed E-state index contributed by atoms with van der Waals surface area (Å²) >= 11 is 5.95. The van der Waals surface area contributed by atoms with Crippen molar-refractivity contribution in [3.63, 3.8) is 0 Å². The van der Waals surface area contributed by atoms with E-state index in [1.54, 1.807) is 6.07 Å². The number of rotatable bonds is 3. The van der Waals surface area contributed by atoms with Crippen molar-refractivity contribution in [2.45, 2.75) is 26.7 Å². The minimum atomic E-state index is 0.0412. The van der Waals surface area contributed by atoms with Gasteiger partial charge in [-0.15, -0.1) is 0 Å². The summed E-state index contributed by atoms with van der Waals surface area (Å²) in [7, 11) is 0. The van der Waals surface area contributed by atoms with Crippen molar-refractivity contribution in [1.29, 1.82) is 0 Å². The molecule has 0 spiro atoms. The molecule has 0 bridgehead atoms. The Kier molecular flexibility index (Phi) is 4.83. The largest absolute Gasteiger partial charge is 0.325 e. The van der Waals surface area contributed by atoms with Crippen LogP contribution in [0.25, 0.3) is 0 Å². The molecule has 4 heteroatoms. The summed E-state index contributed by atoms with van der Waals surface area (Å²) in [5.74, 6) is 0.730. The normalized spacial score (nSPS) is 20.3. The summed E-state index contributed by atoms with van der Waals surface area (Å²) < 4.78 is 0. The molecule has 3 nitrogen and oxygen atoms in total. The van der Waals surface area contributed by atoms with Crippen molar-refractivity contribution < 1.29 is 4.79 Å². The number of anilines is 1. The van der Waals surface area contributed by atoms with E-state index in [4.69, 9.17) is 11.6 Å². The Balaban J connectivity index is 1.92. The van der Waals surface area contributed by atoms with E-state index in [2.05, 4.69) is 17.1 Å². The highest BCUT2D eigenvalue weighted by atomic mass is 35.5. The molecule has 1 N–H and O–H groups in total. The third-order valence-electron chi connectivity index (χ3n) is 3.58. The summed E-state index contributed by atoms with van der Waals surface area (Å²) in [6.07, 6.45) is 2.45. The van der Waals surface area contributed by atoms with Gasteiger partial charge in [0, 0.05) is 17.3 Å². The maximum Gasteiger partial charge on any atom is 0.238 e. The van der Waals surface area contributed by atoms with E-state index in [1.165, 1.54) is 12.8 Å². The Hall–Kier alpha value is -1.06. The van der Waals surface area contributed by atoms with Crippen molar-refractivity contribution in [3.8, 4) is 0 Å². The first kappa shape index (κ1) is 14.4. The number of carbonyl (C=O) groups is 1. The van der Waals surface area contributed by atoms with Gasteiger partial charge in [-0.05, 0) is 49.9 Å². The van der Waals surface area contributed by atoms with Crippen LogP contribution in [0, 0.1) is 12.8 Å². The molecule has 1 aromatic carbocycles. The van der Waals surface area contributed by atoms with Crippen LogP contribution in [-0.2, 0) is 4.79 Å². The molecule has 0 aliphatic carbocycles. The number of amides is 1. The molecule has 1 aliphatic heterocycles. The molecule has 0 radical (unpaired) electrons. The zero-order valence-corrected chi connectivity index (χ0v) is 12.3. The van der Waals surface area contributed by atoms with Gasteiger partial charge >= 0.3 is 0 Å². The Labute approximate surface area is 119 Å². The van der Waals surface area contributed by atoms with E-state index < -0.39 is 0 Å². The highest BCUT2D eigenvalue weighted by Gasteiger charge is 2.18. The zero-order valence-electron chi connectivity index (χ0n) is 11.6. The number of hydrogen-bond donors (Lipinski definition) is 1. The number of nitrogens with one attached hydrogen (secondary N) is 1. The topological polar surface area (TPSA) is 32.3 Å². The first-order valence-electron chi connectivity index (χ1n) is 6.83. The molecule has 0 aromatic heterocycles. The number of likely N-dealkylation sites (tertiary alicyclic amines) is 1. The lowest BCUT2D eigenvalue weighted by Gasteiger charge is -2.30. The minimum absolute atomic E-state index is 0.0412. The molecule has 1 amide bonds. The van der Waals surface area contributed by atoms with E-state index in [9.17, 15) is 4.79 Å². The van der Waals surface area contributed by atoms with E-state index in [0.29, 0.717) is 17.5 Å². The average Bonchev–Trinajstić information content (AvgIpc) is 2.34.